The highest BCUT2D eigenvalue weighted by molar-refractivity contribution is 5.94. The van der Waals surface area contributed by atoms with E-state index in [0.717, 1.165) is 56.4 Å². The molecule has 0 aliphatic carbocycles. The van der Waals surface area contributed by atoms with Gasteiger partial charge < -0.3 is 20.1 Å². The normalized spacial score (nSPS) is 14.6. The van der Waals surface area contributed by atoms with Crippen molar-refractivity contribution in [3.63, 3.8) is 0 Å². The number of benzene rings is 1. The standard InChI is InChI=1S/C20H26N4O3/c1-26-19-5-3-2-4-16(19)14-23-20(25)17-12-18(15-21-13-17)22-6-7-24-8-10-27-11-9-24/h2-5,12-13,15,22H,6-11,14H2,1H3,(H,23,25). The average Bonchev–Trinajstić information content (AvgIpc) is 2.73. The fourth-order valence-corrected chi connectivity index (χ4v) is 2.97. The van der Waals surface area contributed by atoms with Gasteiger partial charge in [-0.1, -0.05) is 18.2 Å². The van der Waals surface area contributed by atoms with Crippen molar-refractivity contribution in [3.8, 4) is 5.75 Å². The summed E-state index contributed by atoms with van der Waals surface area (Å²) in [5.41, 5.74) is 2.30. The number of anilines is 1. The van der Waals surface area contributed by atoms with Crippen LogP contribution in [0.25, 0.3) is 0 Å². The Labute approximate surface area is 159 Å². The first-order chi connectivity index (χ1) is 13.3. The largest absolute Gasteiger partial charge is 0.496 e. The van der Waals surface area contributed by atoms with Crippen molar-refractivity contribution in [3.05, 3.63) is 53.9 Å². The van der Waals surface area contributed by atoms with E-state index >= 15 is 0 Å². The highest BCUT2D eigenvalue weighted by atomic mass is 16.5. The summed E-state index contributed by atoms with van der Waals surface area (Å²) in [7, 11) is 1.62. The molecule has 144 valence electrons. The maximum Gasteiger partial charge on any atom is 0.253 e. The first-order valence-electron chi connectivity index (χ1n) is 9.15. The van der Waals surface area contributed by atoms with Crippen LogP contribution in [0.3, 0.4) is 0 Å². The number of carbonyl (C=O) groups is 1. The van der Waals surface area contributed by atoms with Crippen molar-refractivity contribution in [2.45, 2.75) is 6.54 Å². The summed E-state index contributed by atoms with van der Waals surface area (Å²) >= 11 is 0. The van der Waals surface area contributed by atoms with E-state index in [1.807, 2.05) is 30.3 Å². The van der Waals surface area contributed by atoms with Gasteiger partial charge in [0, 0.05) is 50.7 Å². The Morgan fingerprint density at radius 3 is 2.89 bits per heavy atom. The Morgan fingerprint density at radius 2 is 2.07 bits per heavy atom. The SMILES string of the molecule is COc1ccccc1CNC(=O)c1cncc(NCCN2CCOCC2)c1. The molecule has 2 N–H and O–H groups in total. The number of para-hydroxylation sites is 1. The van der Waals surface area contributed by atoms with Crippen molar-refractivity contribution >= 4 is 11.6 Å². The Hall–Kier alpha value is -2.64. The predicted octanol–water partition coefficient (Wildman–Crippen LogP) is 1.76. The number of methoxy groups -OCH3 is 1. The highest BCUT2D eigenvalue weighted by Crippen LogP contribution is 2.17. The number of nitrogens with zero attached hydrogens (tertiary/aromatic N) is 2. The van der Waals surface area contributed by atoms with E-state index in [-0.39, 0.29) is 5.91 Å². The van der Waals surface area contributed by atoms with E-state index in [0.29, 0.717) is 12.1 Å². The van der Waals surface area contributed by atoms with Gasteiger partial charge in [0.2, 0.25) is 0 Å². The molecule has 1 aliphatic heterocycles. The van der Waals surface area contributed by atoms with E-state index in [2.05, 4.69) is 20.5 Å². The van der Waals surface area contributed by atoms with E-state index in [4.69, 9.17) is 9.47 Å². The molecule has 7 heteroatoms. The van der Waals surface area contributed by atoms with Crippen LogP contribution >= 0.6 is 0 Å². The second kappa shape index (κ2) is 9.89. The number of hydrogen-bond acceptors (Lipinski definition) is 6. The van der Waals surface area contributed by atoms with E-state index in [9.17, 15) is 4.79 Å². The van der Waals surface area contributed by atoms with Gasteiger partial charge in [0.05, 0.1) is 31.6 Å². The molecule has 2 heterocycles. The number of nitrogens with one attached hydrogen (secondary N) is 2. The lowest BCUT2D eigenvalue weighted by Crippen LogP contribution is -2.39. The summed E-state index contributed by atoms with van der Waals surface area (Å²) in [6, 6.07) is 9.46. The summed E-state index contributed by atoms with van der Waals surface area (Å²) in [5, 5.41) is 6.25. The molecule has 3 rings (SSSR count). The first kappa shape index (κ1) is 19.1. The highest BCUT2D eigenvalue weighted by Gasteiger charge is 2.11. The maximum atomic E-state index is 12.4. The predicted molar refractivity (Wildman–Crippen MR) is 104 cm³/mol. The lowest BCUT2D eigenvalue weighted by atomic mass is 10.2. The zero-order valence-corrected chi connectivity index (χ0v) is 15.6. The van der Waals surface area contributed by atoms with Gasteiger partial charge in [-0.05, 0) is 12.1 Å². The third kappa shape index (κ3) is 5.67. The zero-order valence-electron chi connectivity index (χ0n) is 15.6. The van der Waals surface area contributed by atoms with Crippen molar-refractivity contribution in [1.82, 2.24) is 15.2 Å². The van der Waals surface area contributed by atoms with E-state index in [1.165, 1.54) is 0 Å². The summed E-state index contributed by atoms with van der Waals surface area (Å²) in [4.78, 5) is 19.0. The molecule has 2 aromatic rings. The number of hydrogen-bond donors (Lipinski definition) is 2. The molecule has 0 unspecified atom stereocenters. The molecule has 0 atom stereocenters. The summed E-state index contributed by atoms with van der Waals surface area (Å²) in [6.45, 7) is 5.66. The Morgan fingerprint density at radius 1 is 1.26 bits per heavy atom. The van der Waals surface area contributed by atoms with Gasteiger partial charge in [0.25, 0.3) is 5.91 Å². The van der Waals surface area contributed by atoms with Gasteiger partial charge in [0.1, 0.15) is 5.75 Å². The van der Waals surface area contributed by atoms with Gasteiger partial charge in [-0.2, -0.15) is 0 Å². The Kier molecular flexibility index (Phi) is 7.01. The smallest absolute Gasteiger partial charge is 0.253 e. The van der Waals surface area contributed by atoms with Crippen LogP contribution in [0.5, 0.6) is 5.75 Å². The summed E-state index contributed by atoms with van der Waals surface area (Å²) in [5.74, 6) is 0.597. The molecule has 0 spiro atoms. The van der Waals surface area contributed by atoms with Crippen LogP contribution in [0.1, 0.15) is 15.9 Å². The number of morpholine rings is 1. The van der Waals surface area contributed by atoms with E-state index in [1.54, 1.807) is 19.5 Å². The lowest BCUT2D eigenvalue weighted by molar-refractivity contribution is 0.0398. The molecule has 0 bridgehead atoms. The maximum absolute atomic E-state index is 12.4. The van der Waals surface area contributed by atoms with Gasteiger partial charge in [0.15, 0.2) is 0 Å². The molecular weight excluding hydrogens is 344 g/mol. The number of carbonyl (C=O) groups excluding carboxylic acids is 1. The second-order valence-electron chi connectivity index (χ2n) is 6.34. The summed E-state index contributed by atoms with van der Waals surface area (Å²) in [6.07, 6.45) is 3.31. The molecule has 1 amide bonds. The first-order valence-corrected chi connectivity index (χ1v) is 9.15. The minimum absolute atomic E-state index is 0.162. The molecule has 0 radical (unpaired) electrons. The molecule has 1 saturated heterocycles. The third-order valence-corrected chi connectivity index (χ3v) is 4.49. The Bertz CT molecular complexity index is 748. The van der Waals surface area contributed by atoms with Gasteiger partial charge in [-0.25, -0.2) is 0 Å². The van der Waals surface area contributed by atoms with Crippen LogP contribution in [0.4, 0.5) is 5.69 Å². The minimum atomic E-state index is -0.162. The molecular formula is C20H26N4O3. The monoisotopic (exact) mass is 370 g/mol. The average molecular weight is 370 g/mol. The summed E-state index contributed by atoms with van der Waals surface area (Å²) < 4.78 is 10.7. The van der Waals surface area contributed by atoms with Crippen LogP contribution in [0.15, 0.2) is 42.7 Å². The van der Waals surface area contributed by atoms with E-state index < -0.39 is 0 Å². The number of aromatic nitrogens is 1. The van der Waals surface area contributed by atoms with Crippen LogP contribution in [-0.4, -0.2) is 62.3 Å². The molecule has 7 nitrogen and oxygen atoms in total. The number of amides is 1. The fraction of sp³-hybridized carbons (Fsp3) is 0.400. The van der Waals surface area contributed by atoms with Gasteiger partial charge >= 0.3 is 0 Å². The fourth-order valence-electron chi connectivity index (χ4n) is 2.97. The van der Waals surface area contributed by atoms with Crippen LogP contribution in [-0.2, 0) is 11.3 Å². The Balaban J connectivity index is 1.50. The minimum Gasteiger partial charge on any atom is -0.496 e. The van der Waals surface area contributed by atoms with Crippen molar-refractivity contribution < 1.29 is 14.3 Å². The number of ether oxygens (including phenoxy) is 2. The second-order valence-corrected chi connectivity index (χ2v) is 6.34. The molecule has 1 aromatic heterocycles. The zero-order chi connectivity index (χ0) is 18.9. The number of pyridine rings is 1. The quantitative estimate of drug-likeness (QED) is 0.738. The molecule has 27 heavy (non-hydrogen) atoms. The van der Waals surface area contributed by atoms with Gasteiger partial charge in [-0.15, -0.1) is 0 Å². The lowest BCUT2D eigenvalue weighted by Gasteiger charge is -2.26. The van der Waals surface area contributed by atoms with Crippen molar-refractivity contribution in [1.29, 1.82) is 0 Å². The number of rotatable bonds is 8. The molecule has 1 aromatic carbocycles. The van der Waals surface area contributed by atoms with Crippen LogP contribution in [0, 0.1) is 0 Å². The topological polar surface area (TPSA) is 75.7 Å². The van der Waals surface area contributed by atoms with Crippen molar-refractivity contribution in [2.24, 2.45) is 0 Å². The molecule has 1 aliphatic rings. The third-order valence-electron chi connectivity index (χ3n) is 4.49. The van der Waals surface area contributed by atoms with Crippen LogP contribution in [0.2, 0.25) is 0 Å². The van der Waals surface area contributed by atoms with Gasteiger partial charge in [-0.3, -0.25) is 14.7 Å². The molecule has 1 fully saturated rings. The van der Waals surface area contributed by atoms with Crippen LogP contribution < -0.4 is 15.4 Å². The molecule has 0 saturated carbocycles. The van der Waals surface area contributed by atoms with Crippen molar-refractivity contribution in [2.75, 3.05) is 51.8 Å².